The molecule has 1 aliphatic heterocycles. The van der Waals surface area contributed by atoms with Gasteiger partial charge in [-0.25, -0.2) is 9.59 Å². The molecule has 5 aliphatic rings. The van der Waals surface area contributed by atoms with Gasteiger partial charge in [-0.05, 0) is 98.2 Å². The Balaban J connectivity index is 1.09. The van der Waals surface area contributed by atoms with Crippen molar-refractivity contribution in [1.82, 2.24) is 5.32 Å². The summed E-state index contributed by atoms with van der Waals surface area (Å²) in [4.78, 5) is 36.1. The largest absolute Gasteiger partial charge is 0.508 e. The van der Waals surface area contributed by atoms with E-state index in [9.17, 15) is 14.4 Å². The first kappa shape index (κ1) is 33.1. The van der Waals surface area contributed by atoms with E-state index < -0.39 is 23.6 Å². The third kappa shape index (κ3) is 6.65. The number of alkyl carbamates (subject to hydrolysis) is 1. The number of esters is 1. The zero-order valence-corrected chi connectivity index (χ0v) is 28.1. The molecule has 1 saturated heterocycles. The molecular formula is C36H57NO7. The molecule has 0 aromatic heterocycles. The van der Waals surface area contributed by atoms with Crippen molar-refractivity contribution in [3.05, 3.63) is 11.6 Å². The summed E-state index contributed by atoms with van der Waals surface area (Å²) in [6, 6.07) is 0. The molecule has 0 bridgehead atoms. The van der Waals surface area contributed by atoms with Crippen LogP contribution in [0, 0.1) is 51.8 Å². The average Bonchev–Trinajstić information content (AvgIpc) is 3.34. The summed E-state index contributed by atoms with van der Waals surface area (Å²) in [5.41, 5.74) is 1.16. The Bertz CT molecular complexity index is 1090. The molecule has 0 radical (unpaired) electrons. The molecule has 44 heavy (non-hydrogen) atoms. The number of amides is 1. The molecular weight excluding hydrogens is 558 g/mol. The Morgan fingerprint density at radius 1 is 1.00 bits per heavy atom. The molecule has 0 aromatic rings. The second-order valence-electron chi connectivity index (χ2n) is 16.0. The van der Waals surface area contributed by atoms with Crippen LogP contribution >= 0.6 is 0 Å². The molecule has 8 heteroatoms. The van der Waals surface area contributed by atoms with Crippen LogP contribution in [0.4, 0.5) is 9.59 Å². The molecule has 1 amide bonds. The number of nitrogens with one attached hydrogen (secondary N) is 1. The summed E-state index contributed by atoms with van der Waals surface area (Å²) in [7, 11) is 0. The lowest BCUT2D eigenvalue weighted by Crippen LogP contribution is -2.51. The number of ether oxygens (including phenoxy) is 4. The van der Waals surface area contributed by atoms with Gasteiger partial charge in [-0.15, -0.1) is 0 Å². The van der Waals surface area contributed by atoms with Gasteiger partial charge in [-0.1, -0.05) is 65.5 Å². The van der Waals surface area contributed by atoms with Crippen LogP contribution in [0.3, 0.4) is 0 Å². The van der Waals surface area contributed by atoms with E-state index in [1.165, 1.54) is 56.9 Å². The summed E-state index contributed by atoms with van der Waals surface area (Å²) >= 11 is 0. The Kier molecular flexibility index (Phi) is 9.96. The lowest BCUT2D eigenvalue weighted by molar-refractivity contribution is -0.165. The Labute approximate surface area is 264 Å². The molecule has 8 atom stereocenters. The second-order valence-corrected chi connectivity index (χ2v) is 16.0. The number of carbonyl (C=O) groups is 3. The van der Waals surface area contributed by atoms with Gasteiger partial charge in [0.2, 0.25) is 0 Å². The third-order valence-corrected chi connectivity index (χ3v) is 12.6. The summed E-state index contributed by atoms with van der Waals surface area (Å²) in [6.45, 7) is 14.0. The summed E-state index contributed by atoms with van der Waals surface area (Å²) in [5, 5.41) is 2.72. The van der Waals surface area contributed by atoms with Gasteiger partial charge < -0.3 is 24.3 Å². The normalized spacial score (nSPS) is 36.5. The highest BCUT2D eigenvalue weighted by molar-refractivity contribution is 5.78. The van der Waals surface area contributed by atoms with Crippen LogP contribution in [0.2, 0.25) is 0 Å². The highest BCUT2D eigenvalue weighted by Crippen LogP contribution is 2.67. The molecule has 5 rings (SSSR count). The number of fused-ring (bicyclic) bond motifs is 5. The maximum absolute atomic E-state index is 12.6. The molecule has 0 aromatic carbocycles. The third-order valence-electron chi connectivity index (χ3n) is 12.6. The van der Waals surface area contributed by atoms with Crippen molar-refractivity contribution in [2.45, 2.75) is 118 Å². The first-order valence-electron chi connectivity index (χ1n) is 17.5. The standard InChI is InChI=1S/C36H57NO7/c1-23(2)8-7-9-24(3)28-12-13-29-27-11-10-25-20-26(14-16-35(25,5)30(27)15-17-36(28,29)6)44-32(39)37-18-19-41-31(38)34(4)21-42-33(40)43-22-34/h10,23-24,26-30H,7-9,11-22H2,1-6H3,(H,37,39)/t24-,26?,27+,28-,29?,30+,35+,36-/m1/s1. The molecule has 4 fully saturated rings. The van der Waals surface area contributed by atoms with Gasteiger partial charge >= 0.3 is 18.2 Å². The van der Waals surface area contributed by atoms with E-state index in [2.05, 4.69) is 46.0 Å². The molecule has 1 N–H and O–H groups in total. The fourth-order valence-corrected chi connectivity index (χ4v) is 10.1. The van der Waals surface area contributed by atoms with E-state index in [0.717, 1.165) is 54.8 Å². The predicted octanol–water partition coefficient (Wildman–Crippen LogP) is 7.84. The average molecular weight is 616 g/mol. The maximum atomic E-state index is 12.6. The smallest absolute Gasteiger partial charge is 0.463 e. The first-order valence-corrected chi connectivity index (χ1v) is 17.5. The van der Waals surface area contributed by atoms with Crippen LogP contribution in [0.15, 0.2) is 11.6 Å². The topological polar surface area (TPSA) is 100 Å². The molecule has 248 valence electrons. The van der Waals surface area contributed by atoms with Crippen LogP contribution in [0.25, 0.3) is 0 Å². The van der Waals surface area contributed by atoms with E-state index in [1.54, 1.807) is 6.92 Å². The van der Waals surface area contributed by atoms with E-state index >= 15 is 0 Å². The number of carbonyl (C=O) groups excluding carboxylic acids is 3. The molecule has 2 unspecified atom stereocenters. The van der Waals surface area contributed by atoms with Gasteiger partial charge in [0.25, 0.3) is 0 Å². The molecule has 0 spiro atoms. The number of cyclic esters (lactones) is 2. The fourth-order valence-electron chi connectivity index (χ4n) is 10.1. The second kappa shape index (κ2) is 13.2. The van der Waals surface area contributed by atoms with Crippen molar-refractivity contribution in [3.63, 3.8) is 0 Å². The van der Waals surface area contributed by atoms with Crippen LogP contribution in [0.5, 0.6) is 0 Å². The molecule has 3 saturated carbocycles. The van der Waals surface area contributed by atoms with Gasteiger partial charge in [0.05, 0.1) is 6.54 Å². The number of hydrogen-bond donors (Lipinski definition) is 1. The van der Waals surface area contributed by atoms with Gasteiger partial charge in [0.1, 0.15) is 31.3 Å². The van der Waals surface area contributed by atoms with E-state index in [1.807, 2.05) is 0 Å². The van der Waals surface area contributed by atoms with Crippen molar-refractivity contribution in [3.8, 4) is 0 Å². The van der Waals surface area contributed by atoms with Crippen LogP contribution < -0.4 is 5.32 Å². The Morgan fingerprint density at radius 2 is 1.75 bits per heavy atom. The molecule has 1 heterocycles. The SMILES string of the molecule is CC(C)CCC[C@@H](C)[C@H]1CCC2[C@@H]3CC=C4CC(OC(=O)NCCOC(=O)C5(C)COC(=O)OC5)CC[C@]4(C)[C@H]3CC[C@@]21C. The van der Waals surface area contributed by atoms with Gasteiger partial charge in [-0.3, -0.25) is 4.79 Å². The van der Waals surface area contributed by atoms with Crippen molar-refractivity contribution < 1.29 is 33.3 Å². The Morgan fingerprint density at radius 3 is 2.48 bits per heavy atom. The van der Waals surface area contributed by atoms with Crippen LogP contribution in [-0.4, -0.2) is 50.7 Å². The number of hydrogen-bond acceptors (Lipinski definition) is 7. The number of allylic oxidation sites excluding steroid dienone is 1. The van der Waals surface area contributed by atoms with Crippen molar-refractivity contribution in [2.75, 3.05) is 26.4 Å². The minimum absolute atomic E-state index is 0.00605. The quantitative estimate of drug-likeness (QED) is 0.116. The van der Waals surface area contributed by atoms with Gasteiger partial charge in [0.15, 0.2) is 0 Å². The number of rotatable bonds is 10. The van der Waals surface area contributed by atoms with Crippen molar-refractivity contribution in [1.29, 1.82) is 0 Å². The summed E-state index contributed by atoms with van der Waals surface area (Å²) in [6.07, 6.45) is 14.7. The lowest BCUT2D eigenvalue weighted by atomic mass is 9.47. The van der Waals surface area contributed by atoms with Crippen LogP contribution in [-0.2, 0) is 23.7 Å². The zero-order chi connectivity index (χ0) is 31.7. The summed E-state index contributed by atoms with van der Waals surface area (Å²) < 4.78 is 20.8. The lowest BCUT2D eigenvalue weighted by Gasteiger charge is -2.58. The van der Waals surface area contributed by atoms with Gasteiger partial charge in [0, 0.05) is 6.42 Å². The highest BCUT2D eigenvalue weighted by Gasteiger charge is 2.59. The van der Waals surface area contributed by atoms with E-state index in [0.29, 0.717) is 5.41 Å². The van der Waals surface area contributed by atoms with Crippen molar-refractivity contribution in [2.24, 2.45) is 51.8 Å². The Hall–Kier alpha value is -2.25. The fraction of sp³-hybridized carbons (Fsp3) is 0.861. The minimum atomic E-state index is -1.04. The predicted molar refractivity (Wildman–Crippen MR) is 168 cm³/mol. The van der Waals surface area contributed by atoms with Crippen molar-refractivity contribution >= 4 is 18.2 Å². The first-order chi connectivity index (χ1) is 20.9. The monoisotopic (exact) mass is 615 g/mol. The van der Waals surface area contributed by atoms with E-state index in [-0.39, 0.29) is 37.9 Å². The molecule has 8 nitrogen and oxygen atoms in total. The highest BCUT2D eigenvalue weighted by atomic mass is 16.7. The maximum Gasteiger partial charge on any atom is 0.508 e. The summed E-state index contributed by atoms with van der Waals surface area (Å²) in [5.74, 6) is 4.33. The zero-order valence-electron chi connectivity index (χ0n) is 28.1. The van der Waals surface area contributed by atoms with Crippen LogP contribution in [0.1, 0.15) is 112 Å². The minimum Gasteiger partial charge on any atom is -0.463 e. The molecule has 4 aliphatic carbocycles. The van der Waals surface area contributed by atoms with Gasteiger partial charge in [-0.2, -0.15) is 0 Å². The van der Waals surface area contributed by atoms with E-state index in [4.69, 9.17) is 18.9 Å².